The van der Waals surface area contributed by atoms with Crippen LogP contribution in [0.3, 0.4) is 0 Å². The van der Waals surface area contributed by atoms with Crippen molar-refractivity contribution < 1.29 is 9.59 Å². The SMILES string of the molecule is CCN(CCn1cccn1)C(=O)C(C)(C)n1ccnc1C(N)=O. The molecule has 124 valence electrons. The number of carbonyl (C=O) groups is 2. The van der Waals surface area contributed by atoms with E-state index in [1.165, 1.54) is 10.8 Å². The number of rotatable bonds is 7. The van der Waals surface area contributed by atoms with Gasteiger partial charge in [-0.05, 0) is 26.8 Å². The normalized spacial score (nSPS) is 11.4. The molecule has 0 spiro atoms. The lowest BCUT2D eigenvalue weighted by Gasteiger charge is -2.33. The van der Waals surface area contributed by atoms with E-state index in [0.717, 1.165) is 0 Å². The third kappa shape index (κ3) is 3.41. The van der Waals surface area contributed by atoms with Crippen LogP contribution in [0.2, 0.25) is 0 Å². The quantitative estimate of drug-likeness (QED) is 0.801. The molecule has 8 nitrogen and oxygen atoms in total. The Balaban J connectivity index is 2.17. The van der Waals surface area contributed by atoms with E-state index < -0.39 is 11.4 Å². The summed E-state index contributed by atoms with van der Waals surface area (Å²) in [6.45, 7) is 7.11. The third-order valence-corrected chi connectivity index (χ3v) is 3.81. The van der Waals surface area contributed by atoms with Crippen LogP contribution in [0, 0.1) is 0 Å². The average Bonchev–Trinajstić information content (AvgIpc) is 3.19. The van der Waals surface area contributed by atoms with Crippen LogP contribution < -0.4 is 5.73 Å². The average molecular weight is 318 g/mol. The molecule has 2 aromatic rings. The fourth-order valence-corrected chi connectivity index (χ4v) is 2.49. The molecule has 2 amide bonds. The molecule has 0 aliphatic rings. The van der Waals surface area contributed by atoms with Crippen molar-refractivity contribution in [1.29, 1.82) is 0 Å². The molecule has 0 bridgehead atoms. The van der Waals surface area contributed by atoms with Crippen LogP contribution in [-0.4, -0.2) is 49.1 Å². The first kappa shape index (κ1) is 16.7. The van der Waals surface area contributed by atoms with Crippen molar-refractivity contribution in [2.45, 2.75) is 32.9 Å². The van der Waals surface area contributed by atoms with E-state index in [4.69, 9.17) is 5.73 Å². The standard InChI is InChI=1S/C15H22N6O2/c1-4-19(10-11-20-8-5-6-18-20)14(23)15(2,3)21-9-7-17-13(21)12(16)22/h5-9H,4,10-11H2,1-3H3,(H2,16,22). The second kappa shape index (κ2) is 6.64. The highest BCUT2D eigenvalue weighted by Crippen LogP contribution is 2.20. The highest BCUT2D eigenvalue weighted by Gasteiger charge is 2.35. The predicted molar refractivity (Wildman–Crippen MR) is 84.5 cm³/mol. The Morgan fingerprint density at radius 1 is 1.30 bits per heavy atom. The van der Waals surface area contributed by atoms with Crippen LogP contribution in [0.1, 0.15) is 31.4 Å². The summed E-state index contributed by atoms with van der Waals surface area (Å²) in [6, 6.07) is 1.84. The van der Waals surface area contributed by atoms with Crippen molar-refractivity contribution in [3.05, 3.63) is 36.7 Å². The first-order valence-corrected chi connectivity index (χ1v) is 7.48. The number of nitrogens with zero attached hydrogens (tertiary/aromatic N) is 5. The summed E-state index contributed by atoms with van der Waals surface area (Å²) >= 11 is 0. The van der Waals surface area contributed by atoms with E-state index in [1.54, 1.807) is 35.8 Å². The molecule has 2 N–H and O–H groups in total. The molecule has 2 aromatic heterocycles. The number of imidazole rings is 1. The van der Waals surface area contributed by atoms with E-state index in [1.807, 2.05) is 19.2 Å². The monoisotopic (exact) mass is 318 g/mol. The molecular weight excluding hydrogens is 296 g/mol. The van der Waals surface area contributed by atoms with Crippen molar-refractivity contribution in [1.82, 2.24) is 24.2 Å². The van der Waals surface area contributed by atoms with Gasteiger partial charge in [0.15, 0.2) is 5.82 Å². The number of primary amides is 1. The van der Waals surface area contributed by atoms with Gasteiger partial charge in [0.1, 0.15) is 5.54 Å². The maximum atomic E-state index is 12.9. The van der Waals surface area contributed by atoms with E-state index in [9.17, 15) is 9.59 Å². The van der Waals surface area contributed by atoms with Gasteiger partial charge in [0.05, 0.1) is 6.54 Å². The largest absolute Gasteiger partial charge is 0.363 e. The van der Waals surface area contributed by atoms with Crippen molar-refractivity contribution in [2.24, 2.45) is 5.73 Å². The molecule has 0 radical (unpaired) electrons. The minimum Gasteiger partial charge on any atom is -0.363 e. The van der Waals surface area contributed by atoms with Crippen LogP contribution in [0.5, 0.6) is 0 Å². The van der Waals surface area contributed by atoms with Crippen LogP contribution >= 0.6 is 0 Å². The van der Waals surface area contributed by atoms with Crippen LogP contribution in [0.15, 0.2) is 30.9 Å². The zero-order chi connectivity index (χ0) is 17.0. The summed E-state index contributed by atoms with van der Waals surface area (Å²) in [5.74, 6) is -0.686. The third-order valence-electron chi connectivity index (χ3n) is 3.81. The first-order chi connectivity index (χ1) is 10.9. The molecule has 0 fully saturated rings. The Morgan fingerprint density at radius 2 is 2.04 bits per heavy atom. The molecule has 2 rings (SSSR count). The number of hydrogen-bond acceptors (Lipinski definition) is 4. The maximum Gasteiger partial charge on any atom is 0.284 e. The highest BCUT2D eigenvalue weighted by atomic mass is 16.2. The Labute approximate surface area is 134 Å². The minimum absolute atomic E-state index is 0.0754. The predicted octanol–water partition coefficient (Wildman–Crippen LogP) is 0.462. The van der Waals surface area contributed by atoms with Crippen LogP contribution in [0.25, 0.3) is 0 Å². The lowest BCUT2D eigenvalue weighted by molar-refractivity contribution is -0.139. The second-order valence-electron chi connectivity index (χ2n) is 5.70. The smallest absolute Gasteiger partial charge is 0.284 e. The number of amides is 2. The topological polar surface area (TPSA) is 99.0 Å². The van der Waals surface area contributed by atoms with Gasteiger partial charge in [-0.3, -0.25) is 14.3 Å². The molecule has 0 saturated carbocycles. The highest BCUT2D eigenvalue weighted by molar-refractivity contribution is 5.91. The van der Waals surface area contributed by atoms with Gasteiger partial charge in [-0.15, -0.1) is 0 Å². The van der Waals surface area contributed by atoms with Crippen LogP contribution in [0.4, 0.5) is 0 Å². The molecular formula is C15H22N6O2. The van der Waals surface area contributed by atoms with Gasteiger partial charge < -0.3 is 15.2 Å². The Kier molecular flexibility index (Phi) is 4.83. The zero-order valence-electron chi connectivity index (χ0n) is 13.6. The summed E-state index contributed by atoms with van der Waals surface area (Å²) in [5.41, 5.74) is 4.37. The zero-order valence-corrected chi connectivity index (χ0v) is 13.6. The number of aromatic nitrogens is 4. The molecule has 0 atom stereocenters. The van der Waals surface area contributed by atoms with Gasteiger partial charge in [0.2, 0.25) is 5.91 Å². The lowest BCUT2D eigenvalue weighted by atomic mass is 10.0. The van der Waals surface area contributed by atoms with E-state index in [-0.39, 0.29) is 11.7 Å². The molecule has 0 unspecified atom stereocenters. The lowest BCUT2D eigenvalue weighted by Crippen LogP contribution is -2.48. The van der Waals surface area contributed by atoms with Crippen molar-refractivity contribution in [3.63, 3.8) is 0 Å². The molecule has 2 heterocycles. The van der Waals surface area contributed by atoms with Crippen LogP contribution in [-0.2, 0) is 16.9 Å². The summed E-state index contributed by atoms with van der Waals surface area (Å²) in [6.07, 6.45) is 6.62. The number of likely N-dealkylation sites (N-methyl/N-ethyl adjacent to an activating group) is 1. The first-order valence-electron chi connectivity index (χ1n) is 7.48. The van der Waals surface area contributed by atoms with Gasteiger partial charge in [-0.2, -0.15) is 5.10 Å². The fraction of sp³-hybridized carbons (Fsp3) is 0.467. The molecule has 0 saturated heterocycles. The number of hydrogen-bond donors (Lipinski definition) is 1. The Hall–Kier alpha value is -2.64. The summed E-state index contributed by atoms with van der Waals surface area (Å²) in [5, 5.41) is 4.13. The summed E-state index contributed by atoms with van der Waals surface area (Å²) in [7, 11) is 0. The van der Waals surface area contributed by atoms with Gasteiger partial charge in [-0.1, -0.05) is 0 Å². The van der Waals surface area contributed by atoms with E-state index in [2.05, 4.69) is 10.1 Å². The van der Waals surface area contributed by atoms with E-state index >= 15 is 0 Å². The van der Waals surface area contributed by atoms with E-state index in [0.29, 0.717) is 19.6 Å². The van der Waals surface area contributed by atoms with Gasteiger partial charge in [0.25, 0.3) is 5.91 Å². The van der Waals surface area contributed by atoms with Gasteiger partial charge >= 0.3 is 0 Å². The van der Waals surface area contributed by atoms with Crippen molar-refractivity contribution in [3.8, 4) is 0 Å². The molecule has 8 heteroatoms. The summed E-state index contributed by atoms with van der Waals surface area (Å²) in [4.78, 5) is 30.1. The Bertz CT molecular complexity index is 674. The van der Waals surface area contributed by atoms with Crippen molar-refractivity contribution in [2.75, 3.05) is 13.1 Å². The number of nitrogens with two attached hydrogens (primary N) is 1. The number of carbonyl (C=O) groups excluding carboxylic acids is 2. The van der Waals surface area contributed by atoms with Gasteiger partial charge in [0, 0.05) is 37.9 Å². The molecule has 0 aliphatic heterocycles. The fourth-order valence-electron chi connectivity index (χ4n) is 2.49. The molecule has 0 aromatic carbocycles. The second-order valence-corrected chi connectivity index (χ2v) is 5.70. The van der Waals surface area contributed by atoms with Crippen molar-refractivity contribution >= 4 is 11.8 Å². The Morgan fingerprint density at radius 3 is 2.61 bits per heavy atom. The maximum absolute atomic E-state index is 12.9. The minimum atomic E-state index is -0.957. The molecule has 0 aliphatic carbocycles. The molecule has 23 heavy (non-hydrogen) atoms. The summed E-state index contributed by atoms with van der Waals surface area (Å²) < 4.78 is 3.29. The van der Waals surface area contributed by atoms with Gasteiger partial charge in [-0.25, -0.2) is 4.98 Å².